The summed E-state index contributed by atoms with van der Waals surface area (Å²) >= 11 is 0. The summed E-state index contributed by atoms with van der Waals surface area (Å²) in [7, 11) is 1.72. The predicted molar refractivity (Wildman–Crippen MR) is 147 cm³/mol. The molecule has 1 fully saturated rings. The van der Waals surface area contributed by atoms with Crippen molar-refractivity contribution in [3.05, 3.63) is 52.2 Å². The van der Waals surface area contributed by atoms with Crippen LogP contribution in [0.3, 0.4) is 0 Å². The molecule has 1 atom stereocenters. The molecule has 1 saturated heterocycles. The molecule has 10 heteroatoms. The fourth-order valence-electron chi connectivity index (χ4n) is 5.09. The first-order valence-electron chi connectivity index (χ1n) is 13.8. The molecule has 1 aliphatic heterocycles. The lowest BCUT2D eigenvalue weighted by Gasteiger charge is -2.21. The number of imidazole rings is 1. The molecule has 210 valence electrons. The van der Waals surface area contributed by atoms with Crippen molar-refractivity contribution in [3.8, 4) is 0 Å². The van der Waals surface area contributed by atoms with E-state index in [2.05, 4.69) is 10.4 Å². The zero-order chi connectivity index (χ0) is 28.2. The molecule has 2 amide bonds. The van der Waals surface area contributed by atoms with Crippen molar-refractivity contribution < 1.29 is 19.1 Å². The Hall–Kier alpha value is -3.69. The Balaban J connectivity index is 1.21. The van der Waals surface area contributed by atoms with Gasteiger partial charge in [-0.2, -0.15) is 5.10 Å². The van der Waals surface area contributed by atoms with Gasteiger partial charge in [0.05, 0.1) is 23.7 Å². The topological polar surface area (TPSA) is 117 Å². The summed E-state index contributed by atoms with van der Waals surface area (Å²) in [4.78, 5) is 48.8. The van der Waals surface area contributed by atoms with Crippen LogP contribution in [0.1, 0.15) is 82.9 Å². The van der Waals surface area contributed by atoms with Gasteiger partial charge in [0.25, 0.3) is 0 Å². The van der Waals surface area contributed by atoms with Gasteiger partial charge in [-0.1, -0.05) is 25.3 Å². The van der Waals surface area contributed by atoms with Gasteiger partial charge in [0.15, 0.2) is 0 Å². The molecular formula is C29H39N5O5. The van der Waals surface area contributed by atoms with E-state index in [4.69, 9.17) is 4.74 Å². The van der Waals surface area contributed by atoms with Crippen molar-refractivity contribution in [2.24, 2.45) is 7.05 Å². The minimum absolute atomic E-state index is 0.231. The van der Waals surface area contributed by atoms with Crippen LogP contribution in [0, 0.1) is 0 Å². The number of nitrogens with one attached hydrogen (secondary N) is 1. The van der Waals surface area contributed by atoms with Gasteiger partial charge in [0, 0.05) is 31.8 Å². The van der Waals surface area contributed by atoms with Crippen LogP contribution < -0.4 is 11.0 Å². The third-order valence-electron chi connectivity index (χ3n) is 6.98. The van der Waals surface area contributed by atoms with E-state index in [1.807, 2.05) is 49.8 Å². The number of esters is 1. The summed E-state index contributed by atoms with van der Waals surface area (Å²) < 4.78 is 10.4. The number of benzene rings is 1. The number of aromatic nitrogens is 4. The zero-order valence-electron chi connectivity index (χ0n) is 23.4. The number of hydrogen-bond acceptors (Lipinski definition) is 6. The Bertz CT molecular complexity index is 1410. The maximum absolute atomic E-state index is 12.9. The fourth-order valence-corrected chi connectivity index (χ4v) is 5.09. The van der Waals surface area contributed by atoms with E-state index in [9.17, 15) is 19.2 Å². The van der Waals surface area contributed by atoms with Crippen LogP contribution in [-0.2, 0) is 45.6 Å². The minimum Gasteiger partial charge on any atom is -0.460 e. The summed E-state index contributed by atoms with van der Waals surface area (Å²) in [5.74, 6) is -0.952. The number of hydrogen-bond donors (Lipinski definition) is 1. The Kier molecular flexibility index (Phi) is 8.72. The molecule has 10 nitrogen and oxygen atoms in total. The van der Waals surface area contributed by atoms with Crippen molar-refractivity contribution in [3.63, 3.8) is 0 Å². The molecule has 1 unspecified atom stereocenters. The summed E-state index contributed by atoms with van der Waals surface area (Å²) in [6.45, 7) is 6.41. The van der Waals surface area contributed by atoms with E-state index in [1.54, 1.807) is 17.8 Å². The first-order valence-corrected chi connectivity index (χ1v) is 13.8. The molecule has 2 aromatic heterocycles. The Morgan fingerprint density at radius 3 is 2.54 bits per heavy atom. The van der Waals surface area contributed by atoms with Crippen molar-refractivity contribution in [2.45, 2.75) is 96.7 Å². The predicted octanol–water partition coefficient (Wildman–Crippen LogP) is 3.59. The monoisotopic (exact) mass is 537 g/mol. The average molecular weight is 538 g/mol. The SMILES string of the molecule is Cn1c(=O)n(C2CCC(=O)NC2=O)c2ccc(CCCCCCCn3cc(CC(=O)OC(C)(C)C)cn3)cc21. The van der Waals surface area contributed by atoms with Gasteiger partial charge in [-0.3, -0.25) is 33.5 Å². The number of unbranched alkanes of at least 4 members (excludes halogenated alkanes) is 4. The molecule has 39 heavy (non-hydrogen) atoms. The number of rotatable bonds is 11. The van der Waals surface area contributed by atoms with E-state index in [0.717, 1.165) is 61.7 Å². The molecule has 1 aliphatic rings. The molecule has 3 heterocycles. The smallest absolute Gasteiger partial charge is 0.329 e. The van der Waals surface area contributed by atoms with Crippen molar-refractivity contribution in [2.75, 3.05) is 0 Å². The number of carbonyl (C=O) groups excluding carboxylic acids is 3. The second-order valence-corrected chi connectivity index (χ2v) is 11.4. The lowest BCUT2D eigenvalue weighted by atomic mass is 10.0. The van der Waals surface area contributed by atoms with Crippen LogP contribution in [-0.4, -0.2) is 42.3 Å². The third-order valence-corrected chi connectivity index (χ3v) is 6.98. The highest BCUT2D eigenvalue weighted by Crippen LogP contribution is 2.24. The molecule has 3 aromatic rings. The van der Waals surface area contributed by atoms with Gasteiger partial charge in [0.1, 0.15) is 11.6 Å². The standard InChI is InChI=1S/C29H39N5O5/c1-29(2,3)39-26(36)17-21-18-30-33(19-21)15-9-7-5-6-8-10-20-11-12-22-24(16-20)32(4)28(38)34(22)23-13-14-25(35)31-27(23)37/h11-12,16,18-19,23H,5-10,13-15,17H2,1-4H3,(H,31,35,37). The molecular weight excluding hydrogens is 498 g/mol. The first kappa shape index (κ1) is 28.3. The van der Waals surface area contributed by atoms with Crippen molar-refractivity contribution in [1.29, 1.82) is 0 Å². The van der Waals surface area contributed by atoms with Crippen molar-refractivity contribution in [1.82, 2.24) is 24.2 Å². The van der Waals surface area contributed by atoms with Gasteiger partial charge in [-0.25, -0.2) is 4.79 Å². The Labute approximate surface area is 228 Å². The van der Waals surface area contributed by atoms with Crippen LogP contribution in [0.4, 0.5) is 0 Å². The number of piperidine rings is 1. The van der Waals surface area contributed by atoms with Crippen molar-refractivity contribution >= 4 is 28.8 Å². The summed E-state index contributed by atoms with van der Waals surface area (Å²) in [6, 6.07) is 5.31. The molecule has 0 radical (unpaired) electrons. The van der Waals surface area contributed by atoms with Crippen LogP contribution in [0.2, 0.25) is 0 Å². The molecule has 0 aliphatic carbocycles. The maximum atomic E-state index is 12.9. The molecule has 0 saturated carbocycles. The van der Waals surface area contributed by atoms with Crippen LogP contribution >= 0.6 is 0 Å². The normalized spacial score (nSPS) is 16.1. The van der Waals surface area contributed by atoms with Crippen LogP contribution in [0.5, 0.6) is 0 Å². The number of ether oxygens (including phenoxy) is 1. The minimum atomic E-state index is -0.664. The van der Waals surface area contributed by atoms with E-state index in [1.165, 1.54) is 4.57 Å². The van der Waals surface area contributed by atoms with Crippen LogP contribution in [0.15, 0.2) is 35.4 Å². The van der Waals surface area contributed by atoms with Gasteiger partial charge in [0.2, 0.25) is 11.8 Å². The number of imide groups is 1. The van der Waals surface area contributed by atoms with Gasteiger partial charge < -0.3 is 4.74 Å². The van der Waals surface area contributed by atoms with E-state index in [0.29, 0.717) is 11.9 Å². The molecule has 1 N–H and O–H groups in total. The second kappa shape index (κ2) is 12.0. The quantitative estimate of drug-likeness (QED) is 0.227. The number of aryl methyl sites for hydroxylation is 3. The highest BCUT2D eigenvalue weighted by atomic mass is 16.6. The number of carbonyl (C=O) groups is 3. The number of amides is 2. The Morgan fingerprint density at radius 2 is 1.79 bits per heavy atom. The summed E-state index contributed by atoms with van der Waals surface area (Å²) in [5.41, 5.74) is 2.81. The molecule has 4 rings (SSSR count). The van der Waals surface area contributed by atoms with E-state index >= 15 is 0 Å². The average Bonchev–Trinajstić information content (AvgIpc) is 3.39. The van der Waals surface area contributed by atoms with Gasteiger partial charge in [-0.05, 0) is 64.2 Å². The summed E-state index contributed by atoms with van der Waals surface area (Å²) in [5, 5.41) is 6.71. The highest BCUT2D eigenvalue weighted by molar-refractivity contribution is 6.00. The lowest BCUT2D eigenvalue weighted by Crippen LogP contribution is -2.44. The molecule has 0 spiro atoms. The Morgan fingerprint density at radius 1 is 1.05 bits per heavy atom. The fraction of sp³-hybridized carbons (Fsp3) is 0.552. The lowest BCUT2D eigenvalue weighted by molar-refractivity contribution is -0.154. The highest BCUT2D eigenvalue weighted by Gasteiger charge is 2.31. The van der Waals surface area contributed by atoms with Crippen LogP contribution in [0.25, 0.3) is 11.0 Å². The second-order valence-electron chi connectivity index (χ2n) is 11.4. The molecule has 0 bridgehead atoms. The number of nitrogens with zero attached hydrogens (tertiary/aromatic N) is 4. The third kappa shape index (κ3) is 7.25. The number of fused-ring (bicyclic) bond motifs is 1. The van der Waals surface area contributed by atoms with Gasteiger partial charge >= 0.3 is 11.7 Å². The largest absolute Gasteiger partial charge is 0.460 e. The van der Waals surface area contributed by atoms with E-state index in [-0.39, 0.29) is 30.4 Å². The maximum Gasteiger partial charge on any atom is 0.329 e. The van der Waals surface area contributed by atoms with Gasteiger partial charge in [-0.15, -0.1) is 0 Å². The molecule has 1 aromatic carbocycles. The van der Waals surface area contributed by atoms with E-state index < -0.39 is 17.6 Å². The zero-order valence-corrected chi connectivity index (χ0v) is 23.4. The first-order chi connectivity index (χ1) is 18.5. The summed E-state index contributed by atoms with van der Waals surface area (Å²) in [6.07, 6.45) is 10.8.